The summed E-state index contributed by atoms with van der Waals surface area (Å²) >= 11 is 0. The third-order valence-corrected chi connectivity index (χ3v) is 3.83. The average Bonchev–Trinajstić information content (AvgIpc) is 2.17. The van der Waals surface area contributed by atoms with E-state index in [0.717, 1.165) is 18.3 Å². The van der Waals surface area contributed by atoms with Crippen LogP contribution in [0.5, 0.6) is 0 Å². The lowest BCUT2D eigenvalue weighted by atomic mass is 9.75. The molecule has 1 saturated carbocycles. The van der Waals surface area contributed by atoms with Gasteiger partial charge in [-0.25, -0.2) is 0 Å². The lowest BCUT2D eigenvalue weighted by Gasteiger charge is -2.32. The molecular weight excluding hydrogens is 160 g/mol. The van der Waals surface area contributed by atoms with Gasteiger partial charge in [-0.1, -0.05) is 33.6 Å². The van der Waals surface area contributed by atoms with Crippen LogP contribution >= 0.6 is 0 Å². The summed E-state index contributed by atoms with van der Waals surface area (Å²) < 4.78 is 0. The zero-order chi connectivity index (χ0) is 9.84. The van der Waals surface area contributed by atoms with Crippen LogP contribution < -0.4 is 0 Å². The van der Waals surface area contributed by atoms with E-state index in [2.05, 4.69) is 20.8 Å². The Bertz CT molecular complexity index is 136. The van der Waals surface area contributed by atoms with Gasteiger partial charge < -0.3 is 5.11 Å². The minimum atomic E-state index is -0.0709. The summed E-state index contributed by atoms with van der Waals surface area (Å²) in [7, 11) is 0. The minimum Gasteiger partial charge on any atom is -0.393 e. The van der Waals surface area contributed by atoms with E-state index >= 15 is 0 Å². The van der Waals surface area contributed by atoms with Crippen molar-refractivity contribution in [2.24, 2.45) is 17.8 Å². The summed E-state index contributed by atoms with van der Waals surface area (Å²) in [5.41, 5.74) is 0. The second-order valence-corrected chi connectivity index (χ2v) is 4.85. The molecule has 0 saturated heterocycles. The third-order valence-electron chi connectivity index (χ3n) is 3.83. The molecule has 0 aromatic heterocycles. The van der Waals surface area contributed by atoms with E-state index in [0.29, 0.717) is 5.92 Å². The third kappa shape index (κ3) is 2.98. The van der Waals surface area contributed by atoms with Crippen LogP contribution in [0.25, 0.3) is 0 Å². The van der Waals surface area contributed by atoms with Crippen molar-refractivity contribution in [3.63, 3.8) is 0 Å². The molecule has 2 atom stereocenters. The molecule has 1 heteroatoms. The SMILES string of the molecule is CCC(O)C(C)C1CCC(C)CC1. The van der Waals surface area contributed by atoms with Gasteiger partial charge in [-0.15, -0.1) is 0 Å². The molecular formula is C12H24O. The first kappa shape index (κ1) is 11.0. The summed E-state index contributed by atoms with van der Waals surface area (Å²) in [6.07, 6.45) is 6.24. The number of aliphatic hydroxyl groups excluding tert-OH is 1. The second-order valence-electron chi connectivity index (χ2n) is 4.85. The molecule has 1 aliphatic rings. The molecule has 0 bridgehead atoms. The molecule has 1 rings (SSSR count). The topological polar surface area (TPSA) is 20.2 Å². The number of rotatable bonds is 3. The van der Waals surface area contributed by atoms with Crippen LogP contribution in [0, 0.1) is 17.8 Å². The minimum absolute atomic E-state index is 0.0709. The number of hydrogen-bond donors (Lipinski definition) is 1. The Morgan fingerprint density at radius 2 is 1.77 bits per heavy atom. The van der Waals surface area contributed by atoms with E-state index in [1.807, 2.05) is 0 Å². The average molecular weight is 184 g/mol. The Hall–Kier alpha value is -0.0400. The van der Waals surface area contributed by atoms with Gasteiger partial charge in [-0.05, 0) is 37.0 Å². The van der Waals surface area contributed by atoms with Crippen LogP contribution in [0.15, 0.2) is 0 Å². The molecule has 0 aromatic rings. The van der Waals surface area contributed by atoms with E-state index in [1.54, 1.807) is 0 Å². The van der Waals surface area contributed by atoms with E-state index in [1.165, 1.54) is 25.7 Å². The van der Waals surface area contributed by atoms with Gasteiger partial charge in [0, 0.05) is 0 Å². The molecule has 1 N–H and O–H groups in total. The van der Waals surface area contributed by atoms with E-state index in [-0.39, 0.29) is 6.10 Å². The van der Waals surface area contributed by atoms with Crippen LogP contribution in [-0.4, -0.2) is 11.2 Å². The van der Waals surface area contributed by atoms with Gasteiger partial charge in [-0.3, -0.25) is 0 Å². The molecule has 13 heavy (non-hydrogen) atoms. The lowest BCUT2D eigenvalue weighted by Crippen LogP contribution is -2.27. The first-order valence-electron chi connectivity index (χ1n) is 5.83. The van der Waals surface area contributed by atoms with Crippen molar-refractivity contribution >= 4 is 0 Å². The molecule has 0 amide bonds. The monoisotopic (exact) mass is 184 g/mol. The maximum absolute atomic E-state index is 9.74. The molecule has 0 aromatic carbocycles. The van der Waals surface area contributed by atoms with Gasteiger partial charge in [0.05, 0.1) is 6.10 Å². The summed E-state index contributed by atoms with van der Waals surface area (Å²) in [6.45, 7) is 6.64. The van der Waals surface area contributed by atoms with Gasteiger partial charge in [-0.2, -0.15) is 0 Å². The van der Waals surface area contributed by atoms with Crippen molar-refractivity contribution in [2.75, 3.05) is 0 Å². The van der Waals surface area contributed by atoms with Crippen molar-refractivity contribution < 1.29 is 5.11 Å². The van der Waals surface area contributed by atoms with E-state index in [9.17, 15) is 5.11 Å². The predicted molar refractivity (Wildman–Crippen MR) is 56.6 cm³/mol. The fraction of sp³-hybridized carbons (Fsp3) is 1.00. The van der Waals surface area contributed by atoms with Crippen LogP contribution in [0.4, 0.5) is 0 Å². The van der Waals surface area contributed by atoms with Crippen LogP contribution in [-0.2, 0) is 0 Å². The van der Waals surface area contributed by atoms with Crippen LogP contribution in [0.1, 0.15) is 52.9 Å². The molecule has 0 radical (unpaired) electrons. The fourth-order valence-corrected chi connectivity index (χ4v) is 2.50. The molecule has 1 fully saturated rings. The maximum atomic E-state index is 9.74. The highest BCUT2D eigenvalue weighted by molar-refractivity contribution is 4.77. The van der Waals surface area contributed by atoms with Crippen LogP contribution in [0.2, 0.25) is 0 Å². The van der Waals surface area contributed by atoms with Gasteiger partial charge in [0.15, 0.2) is 0 Å². The lowest BCUT2D eigenvalue weighted by molar-refractivity contribution is 0.0606. The highest BCUT2D eigenvalue weighted by atomic mass is 16.3. The predicted octanol–water partition coefficient (Wildman–Crippen LogP) is 3.22. The van der Waals surface area contributed by atoms with Crippen molar-refractivity contribution in [3.8, 4) is 0 Å². The Labute approximate surface area is 82.5 Å². The second kappa shape index (κ2) is 4.99. The Kier molecular flexibility index (Phi) is 4.24. The first-order valence-corrected chi connectivity index (χ1v) is 5.83. The number of hydrogen-bond acceptors (Lipinski definition) is 1. The van der Waals surface area contributed by atoms with Crippen molar-refractivity contribution in [1.29, 1.82) is 0 Å². The Balaban J connectivity index is 2.35. The van der Waals surface area contributed by atoms with Crippen molar-refractivity contribution in [3.05, 3.63) is 0 Å². The van der Waals surface area contributed by atoms with Gasteiger partial charge >= 0.3 is 0 Å². The van der Waals surface area contributed by atoms with E-state index < -0.39 is 0 Å². The molecule has 0 aliphatic heterocycles. The molecule has 0 heterocycles. The molecule has 1 aliphatic carbocycles. The zero-order valence-electron chi connectivity index (χ0n) is 9.29. The number of aliphatic hydroxyl groups is 1. The Morgan fingerprint density at radius 3 is 2.23 bits per heavy atom. The van der Waals surface area contributed by atoms with Crippen molar-refractivity contribution in [2.45, 2.75) is 59.0 Å². The normalized spacial score (nSPS) is 34.2. The smallest absolute Gasteiger partial charge is 0.0565 e. The standard InChI is InChI=1S/C12H24O/c1-4-12(13)10(3)11-7-5-9(2)6-8-11/h9-13H,4-8H2,1-3H3. The van der Waals surface area contributed by atoms with E-state index in [4.69, 9.17) is 0 Å². The molecule has 1 nitrogen and oxygen atoms in total. The largest absolute Gasteiger partial charge is 0.393 e. The van der Waals surface area contributed by atoms with Gasteiger partial charge in [0.2, 0.25) is 0 Å². The first-order chi connectivity index (χ1) is 6.15. The summed E-state index contributed by atoms with van der Waals surface area (Å²) in [4.78, 5) is 0. The highest BCUT2D eigenvalue weighted by Gasteiger charge is 2.26. The Morgan fingerprint density at radius 1 is 1.23 bits per heavy atom. The van der Waals surface area contributed by atoms with Gasteiger partial charge in [0.1, 0.15) is 0 Å². The van der Waals surface area contributed by atoms with Gasteiger partial charge in [0.25, 0.3) is 0 Å². The van der Waals surface area contributed by atoms with Crippen molar-refractivity contribution in [1.82, 2.24) is 0 Å². The molecule has 78 valence electrons. The molecule has 2 unspecified atom stereocenters. The zero-order valence-corrected chi connectivity index (χ0v) is 9.29. The summed E-state index contributed by atoms with van der Waals surface area (Å²) in [6, 6.07) is 0. The summed E-state index contributed by atoms with van der Waals surface area (Å²) in [5.74, 6) is 2.21. The molecule has 0 spiro atoms. The highest BCUT2D eigenvalue weighted by Crippen LogP contribution is 2.34. The summed E-state index contributed by atoms with van der Waals surface area (Å²) in [5, 5.41) is 9.74. The quantitative estimate of drug-likeness (QED) is 0.714. The fourth-order valence-electron chi connectivity index (χ4n) is 2.50. The maximum Gasteiger partial charge on any atom is 0.0565 e. The van der Waals surface area contributed by atoms with Crippen LogP contribution in [0.3, 0.4) is 0 Å².